The van der Waals surface area contributed by atoms with Crippen molar-refractivity contribution in [3.05, 3.63) is 53.9 Å². The molecule has 0 atom stereocenters. The van der Waals surface area contributed by atoms with E-state index in [2.05, 4.69) is 10.3 Å². The zero-order chi connectivity index (χ0) is 15.1. The Morgan fingerprint density at radius 1 is 1.29 bits per heavy atom. The summed E-state index contributed by atoms with van der Waals surface area (Å²) in [5.41, 5.74) is 8.13. The molecular weight excluding hydrogens is 266 g/mol. The maximum absolute atomic E-state index is 11.5. The minimum Gasteiger partial charge on any atom is -0.491 e. The normalized spacial score (nSPS) is 10.1. The molecule has 0 radical (unpaired) electrons. The lowest BCUT2D eigenvalue weighted by atomic mass is 10.1. The van der Waals surface area contributed by atoms with Crippen LogP contribution in [0.1, 0.15) is 22.3 Å². The molecule has 5 heteroatoms. The van der Waals surface area contributed by atoms with Crippen molar-refractivity contribution in [1.82, 2.24) is 10.3 Å². The number of ether oxygens (including phenoxy) is 1. The van der Waals surface area contributed by atoms with E-state index in [-0.39, 0.29) is 5.91 Å². The van der Waals surface area contributed by atoms with Crippen LogP contribution in [-0.4, -0.2) is 24.5 Å². The van der Waals surface area contributed by atoms with Gasteiger partial charge in [-0.25, -0.2) is 0 Å². The predicted octanol–water partition coefficient (Wildman–Crippen LogP) is 2.04. The van der Waals surface area contributed by atoms with Gasteiger partial charge in [0, 0.05) is 25.0 Å². The minimum atomic E-state index is -0.161. The van der Waals surface area contributed by atoms with Crippen LogP contribution in [0.3, 0.4) is 0 Å². The number of pyridine rings is 1. The van der Waals surface area contributed by atoms with E-state index in [4.69, 9.17) is 10.5 Å². The number of anilines is 1. The quantitative estimate of drug-likeness (QED) is 0.629. The second kappa shape index (κ2) is 7.28. The fraction of sp³-hybridized carbons (Fsp3) is 0.250. The zero-order valence-electron chi connectivity index (χ0n) is 12.0. The van der Waals surface area contributed by atoms with Gasteiger partial charge in [-0.1, -0.05) is 0 Å². The summed E-state index contributed by atoms with van der Waals surface area (Å²) in [7, 11) is 1.59. The zero-order valence-corrected chi connectivity index (χ0v) is 12.0. The summed E-state index contributed by atoms with van der Waals surface area (Å²) in [6.45, 7) is 0.575. The van der Waals surface area contributed by atoms with Gasteiger partial charge in [0.2, 0.25) is 0 Å². The maximum Gasteiger partial charge on any atom is 0.251 e. The number of carbonyl (C=O) groups excluding carboxylic acids is 1. The first-order valence-corrected chi connectivity index (χ1v) is 6.84. The summed E-state index contributed by atoms with van der Waals surface area (Å²) in [6.07, 6.45) is 5.39. The van der Waals surface area contributed by atoms with Gasteiger partial charge in [-0.3, -0.25) is 9.78 Å². The van der Waals surface area contributed by atoms with Gasteiger partial charge in [0.25, 0.3) is 5.91 Å². The van der Waals surface area contributed by atoms with Crippen molar-refractivity contribution in [2.24, 2.45) is 0 Å². The Balaban J connectivity index is 1.85. The number of aryl methyl sites for hydroxylation is 1. The topological polar surface area (TPSA) is 77.2 Å². The molecule has 0 aliphatic rings. The average molecular weight is 285 g/mol. The number of amides is 1. The minimum absolute atomic E-state index is 0.161. The number of nitrogen functional groups attached to an aromatic ring is 1. The van der Waals surface area contributed by atoms with Crippen LogP contribution in [0.15, 0.2) is 42.7 Å². The summed E-state index contributed by atoms with van der Waals surface area (Å²) in [4.78, 5) is 15.5. The van der Waals surface area contributed by atoms with E-state index in [9.17, 15) is 4.79 Å². The Labute approximate surface area is 124 Å². The Morgan fingerprint density at radius 3 is 2.71 bits per heavy atom. The van der Waals surface area contributed by atoms with Crippen molar-refractivity contribution in [3.8, 4) is 5.75 Å². The molecule has 3 N–H and O–H groups in total. The molecule has 0 aliphatic heterocycles. The number of benzene rings is 1. The second-order valence-corrected chi connectivity index (χ2v) is 4.64. The van der Waals surface area contributed by atoms with Crippen LogP contribution in [0.2, 0.25) is 0 Å². The molecule has 0 spiro atoms. The standard InChI is InChI=1S/C16H19N3O2/c1-18-16(20)13-4-5-15(14(17)11-13)21-10-2-3-12-6-8-19-9-7-12/h4-9,11H,2-3,10,17H2,1H3,(H,18,20). The van der Waals surface area contributed by atoms with Gasteiger partial charge in [-0.05, 0) is 48.7 Å². The Hall–Kier alpha value is -2.56. The predicted molar refractivity (Wildman–Crippen MR) is 82.3 cm³/mol. The lowest BCUT2D eigenvalue weighted by Gasteiger charge is -2.10. The van der Waals surface area contributed by atoms with Crippen molar-refractivity contribution >= 4 is 11.6 Å². The summed E-state index contributed by atoms with van der Waals surface area (Å²) in [6, 6.07) is 9.04. The van der Waals surface area contributed by atoms with E-state index in [0.29, 0.717) is 23.6 Å². The monoisotopic (exact) mass is 285 g/mol. The van der Waals surface area contributed by atoms with Gasteiger partial charge in [0.15, 0.2) is 0 Å². The van der Waals surface area contributed by atoms with E-state index >= 15 is 0 Å². The largest absolute Gasteiger partial charge is 0.491 e. The molecule has 0 unspecified atom stereocenters. The van der Waals surface area contributed by atoms with Crippen LogP contribution in [0.4, 0.5) is 5.69 Å². The molecule has 1 heterocycles. The van der Waals surface area contributed by atoms with Crippen LogP contribution in [0.25, 0.3) is 0 Å². The molecular formula is C16H19N3O2. The summed E-state index contributed by atoms with van der Waals surface area (Å²) in [5.74, 6) is 0.448. The van der Waals surface area contributed by atoms with Crippen LogP contribution < -0.4 is 15.8 Å². The fourth-order valence-electron chi connectivity index (χ4n) is 1.97. The van der Waals surface area contributed by atoms with E-state index < -0.39 is 0 Å². The van der Waals surface area contributed by atoms with Gasteiger partial charge in [-0.2, -0.15) is 0 Å². The SMILES string of the molecule is CNC(=O)c1ccc(OCCCc2ccncc2)c(N)c1. The molecule has 110 valence electrons. The maximum atomic E-state index is 11.5. The van der Waals surface area contributed by atoms with Crippen LogP contribution >= 0.6 is 0 Å². The molecule has 1 aromatic heterocycles. The van der Waals surface area contributed by atoms with E-state index in [1.165, 1.54) is 5.56 Å². The first-order valence-electron chi connectivity index (χ1n) is 6.84. The third-order valence-electron chi connectivity index (χ3n) is 3.12. The van der Waals surface area contributed by atoms with Crippen molar-refractivity contribution in [2.45, 2.75) is 12.8 Å². The number of aromatic nitrogens is 1. The lowest BCUT2D eigenvalue weighted by molar-refractivity contribution is 0.0963. The highest BCUT2D eigenvalue weighted by atomic mass is 16.5. The van der Waals surface area contributed by atoms with Gasteiger partial charge in [-0.15, -0.1) is 0 Å². The lowest BCUT2D eigenvalue weighted by Crippen LogP contribution is -2.18. The number of hydrogen-bond acceptors (Lipinski definition) is 4. The van der Waals surface area contributed by atoms with E-state index in [1.54, 1.807) is 37.6 Å². The Bertz CT molecular complexity index is 600. The van der Waals surface area contributed by atoms with Crippen molar-refractivity contribution < 1.29 is 9.53 Å². The Kier molecular flexibility index (Phi) is 5.15. The van der Waals surface area contributed by atoms with E-state index in [1.807, 2.05) is 12.1 Å². The molecule has 0 fully saturated rings. The van der Waals surface area contributed by atoms with Gasteiger partial charge >= 0.3 is 0 Å². The third kappa shape index (κ3) is 4.21. The van der Waals surface area contributed by atoms with E-state index in [0.717, 1.165) is 12.8 Å². The highest BCUT2D eigenvalue weighted by molar-refractivity contribution is 5.95. The first-order chi connectivity index (χ1) is 10.2. The number of hydrogen-bond donors (Lipinski definition) is 2. The molecule has 0 aliphatic carbocycles. The number of rotatable bonds is 6. The molecule has 21 heavy (non-hydrogen) atoms. The van der Waals surface area contributed by atoms with Gasteiger partial charge in [0.05, 0.1) is 12.3 Å². The smallest absolute Gasteiger partial charge is 0.251 e. The summed E-state index contributed by atoms with van der Waals surface area (Å²) >= 11 is 0. The number of nitrogens with zero attached hydrogens (tertiary/aromatic N) is 1. The number of nitrogens with one attached hydrogen (secondary N) is 1. The molecule has 1 aromatic carbocycles. The van der Waals surface area contributed by atoms with Crippen molar-refractivity contribution in [3.63, 3.8) is 0 Å². The van der Waals surface area contributed by atoms with Crippen molar-refractivity contribution in [1.29, 1.82) is 0 Å². The molecule has 0 saturated carbocycles. The van der Waals surface area contributed by atoms with Gasteiger partial charge in [0.1, 0.15) is 5.75 Å². The molecule has 5 nitrogen and oxygen atoms in total. The molecule has 1 amide bonds. The summed E-state index contributed by atoms with van der Waals surface area (Å²) in [5, 5.41) is 2.56. The van der Waals surface area contributed by atoms with Crippen LogP contribution in [0, 0.1) is 0 Å². The second-order valence-electron chi connectivity index (χ2n) is 4.64. The fourth-order valence-corrected chi connectivity index (χ4v) is 1.97. The average Bonchev–Trinajstić information content (AvgIpc) is 2.53. The molecule has 0 saturated heterocycles. The molecule has 2 aromatic rings. The highest BCUT2D eigenvalue weighted by Gasteiger charge is 2.07. The van der Waals surface area contributed by atoms with Crippen molar-refractivity contribution in [2.75, 3.05) is 19.4 Å². The van der Waals surface area contributed by atoms with Crippen LogP contribution in [0.5, 0.6) is 5.75 Å². The summed E-state index contributed by atoms with van der Waals surface area (Å²) < 4.78 is 5.65. The third-order valence-corrected chi connectivity index (χ3v) is 3.12. The first kappa shape index (κ1) is 14.8. The highest BCUT2D eigenvalue weighted by Crippen LogP contribution is 2.22. The van der Waals surface area contributed by atoms with Crippen LogP contribution in [-0.2, 0) is 6.42 Å². The molecule has 0 bridgehead atoms. The Morgan fingerprint density at radius 2 is 2.05 bits per heavy atom. The van der Waals surface area contributed by atoms with Gasteiger partial charge < -0.3 is 15.8 Å². The number of nitrogens with two attached hydrogens (primary N) is 1. The number of carbonyl (C=O) groups is 1. The molecule has 2 rings (SSSR count).